The van der Waals surface area contributed by atoms with Gasteiger partial charge in [-0.25, -0.2) is 13.5 Å². The summed E-state index contributed by atoms with van der Waals surface area (Å²) in [5.74, 6) is -2.52. The maximum absolute atomic E-state index is 13.8. The van der Waals surface area contributed by atoms with Crippen molar-refractivity contribution in [2.45, 2.75) is 18.2 Å². The molecule has 2 aromatic rings. The molecule has 0 aliphatic rings. The summed E-state index contributed by atoms with van der Waals surface area (Å²) in [6.07, 6.45) is 2.03. The first-order chi connectivity index (χ1) is 9.45. The molecule has 0 N–H and O–H groups in total. The molecule has 9 heteroatoms. The summed E-state index contributed by atoms with van der Waals surface area (Å²) in [5, 5.41) is 18.3. The zero-order valence-corrected chi connectivity index (χ0v) is 11.8. The van der Waals surface area contributed by atoms with Crippen LogP contribution >= 0.6 is 15.9 Å². The number of aromatic nitrogens is 3. The first kappa shape index (κ1) is 14.5. The Bertz CT molecular complexity index is 662. The van der Waals surface area contributed by atoms with Gasteiger partial charge in [-0.15, -0.1) is 5.10 Å². The average Bonchev–Trinajstić information content (AvgIpc) is 2.89. The Balaban J connectivity index is 2.59. The maximum Gasteiger partial charge on any atom is 0.298 e. The monoisotopic (exact) mass is 346 g/mol. The van der Waals surface area contributed by atoms with Gasteiger partial charge in [-0.1, -0.05) is 28.1 Å². The lowest BCUT2D eigenvalue weighted by Crippen LogP contribution is -2.05. The summed E-state index contributed by atoms with van der Waals surface area (Å²) in [6, 6.07) is 1.59. The van der Waals surface area contributed by atoms with Crippen molar-refractivity contribution < 1.29 is 13.7 Å². The second-order valence-electron chi connectivity index (χ2n) is 3.95. The second kappa shape index (κ2) is 5.61. The first-order valence-corrected chi connectivity index (χ1v) is 6.56. The minimum absolute atomic E-state index is 0.119. The lowest BCUT2D eigenvalue weighted by atomic mass is 10.2. The van der Waals surface area contributed by atoms with Gasteiger partial charge < -0.3 is 0 Å². The molecule has 1 atom stereocenters. The molecule has 0 aliphatic heterocycles. The van der Waals surface area contributed by atoms with Crippen LogP contribution < -0.4 is 0 Å². The Morgan fingerprint density at radius 3 is 2.80 bits per heavy atom. The molecule has 6 nitrogen and oxygen atoms in total. The fraction of sp³-hybridized carbons (Fsp3) is 0.273. The van der Waals surface area contributed by atoms with Crippen molar-refractivity contribution in [1.82, 2.24) is 15.0 Å². The van der Waals surface area contributed by atoms with E-state index in [1.54, 1.807) is 0 Å². The van der Waals surface area contributed by atoms with Gasteiger partial charge in [-0.05, 0) is 12.5 Å². The van der Waals surface area contributed by atoms with E-state index in [0.717, 1.165) is 10.7 Å². The van der Waals surface area contributed by atoms with Gasteiger partial charge in [0, 0.05) is 6.07 Å². The Morgan fingerprint density at radius 1 is 1.50 bits per heavy atom. The third-order valence-corrected chi connectivity index (χ3v) is 3.78. The molecule has 0 fully saturated rings. The van der Waals surface area contributed by atoms with Crippen molar-refractivity contribution in [1.29, 1.82) is 0 Å². The summed E-state index contributed by atoms with van der Waals surface area (Å²) in [5.41, 5.74) is -0.669. The molecule has 1 heterocycles. The minimum Gasteiger partial charge on any atom is -0.258 e. The lowest BCUT2D eigenvalue weighted by Gasteiger charge is -2.04. The number of alkyl halides is 1. The number of benzene rings is 1. The molecule has 0 spiro atoms. The minimum atomic E-state index is -1.33. The summed E-state index contributed by atoms with van der Waals surface area (Å²) < 4.78 is 28.0. The van der Waals surface area contributed by atoms with Crippen LogP contribution in [0.5, 0.6) is 0 Å². The predicted molar refractivity (Wildman–Crippen MR) is 69.9 cm³/mol. The third kappa shape index (κ3) is 2.53. The summed E-state index contributed by atoms with van der Waals surface area (Å²) in [4.78, 5) is 9.98. The SMILES string of the molecule is CCC(Br)c1cn(-c2c([N+](=O)[O-])ccc(F)c2F)nn1. The van der Waals surface area contributed by atoms with E-state index in [-0.39, 0.29) is 4.83 Å². The molecule has 0 saturated heterocycles. The molecule has 0 amide bonds. The predicted octanol–water partition coefficient (Wildman–Crippen LogP) is 3.30. The molecular weight excluding hydrogens is 338 g/mol. The number of hydrogen-bond donors (Lipinski definition) is 0. The van der Waals surface area contributed by atoms with E-state index in [0.29, 0.717) is 18.2 Å². The average molecular weight is 347 g/mol. The highest BCUT2D eigenvalue weighted by Crippen LogP contribution is 2.29. The number of nitro groups is 1. The summed E-state index contributed by atoms with van der Waals surface area (Å²) in [7, 11) is 0. The molecule has 0 aliphatic carbocycles. The van der Waals surface area contributed by atoms with E-state index < -0.39 is 27.9 Å². The zero-order valence-electron chi connectivity index (χ0n) is 10.3. The van der Waals surface area contributed by atoms with Crippen LogP contribution in [0.15, 0.2) is 18.3 Å². The van der Waals surface area contributed by atoms with E-state index in [9.17, 15) is 18.9 Å². The molecule has 106 valence electrons. The third-order valence-electron chi connectivity index (χ3n) is 2.66. The number of nitro benzene ring substituents is 1. The number of rotatable bonds is 4. The first-order valence-electron chi connectivity index (χ1n) is 5.64. The second-order valence-corrected chi connectivity index (χ2v) is 5.06. The van der Waals surface area contributed by atoms with E-state index in [1.165, 1.54) is 6.20 Å². The zero-order chi connectivity index (χ0) is 14.9. The van der Waals surface area contributed by atoms with Crippen molar-refractivity contribution in [3.05, 3.63) is 45.8 Å². The molecule has 2 rings (SSSR count). The van der Waals surface area contributed by atoms with Crippen molar-refractivity contribution in [3.8, 4) is 5.69 Å². The molecule has 0 bridgehead atoms. The van der Waals surface area contributed by atoms with Gasteiger partial charge in [-0.3, -0.25) is 10.1 Å². The fourth-order valence-electron chi connectivity index (χ4n) is 1.63. The molecule has 0 radical (unpaired) electrons. The smallest absolute Gasteiger partial charge is 0.258 e. The van der Waals surface area contributed by atoms with Crippen LogP contribution in [0.3, 0.4) is 0 Å². The van der Waals surface area contributed by atoms with Crippen LogP contribution in [-0.4, -0.2) is 19.9 Å². The maximum atomic E-state index is 13.8. The molecule has 1 aromatic carbocycles. The van der Waals surface area contributed by atoms with Gasteiger partial charge in [0.25, 0.3) is 5.69 Å². The van der Waals surface area contributed by atoms with E-state index >= 15 is 0 Å². The van der Waals surface area contributed by atoms with Gasteiger partial charge in [0.15, 0.2) is 17.3 Å². The van der Waals surface area contributed by atoms with Crippen LogP contribution in [0.25, 0.3) is 5.69 Å². The Morgan fingerprint density at radius 2 is 2.20 bits per heavy atom. The normalized spacial score (nSPS) is 12.4. The summed E-state index contributed by atoms with van der Waals surface area (Å²) >= 11 is 3.33. The number of nitrogens with zero attached hydrogens (tertiary/aromatic N) is 4. The van der Waals surface area contributed by atoms with Crippen LogP contribution in [0.1, 0.15) is 23.9 Å². The van der Waals surface area contributed by atoms with Gasteiger partial charge in [0.1, 0.15) is 0 Å². The molecule has 1 unspecified atom stereocenters. The lowest BCUT2D eigenvalue weighted by molar-refractivity contribution is -0.384. The van der Waals surface area contributed by atoms with Crippen molar-refractivity contribution in [3.63, 3.8) is 0 Å². The largest absolute Gasteiger partial charge is 0.298 e. The van der Waals surface area contributed by atoms with Crippen molar-refractivity contribution >= 4 is 21.6 Å². The van der Waals surface area contributed by atoms with Crippen LogP contribution in [0, 0.1) is 21.7 Å². The highest BCUT2D eigenvalue weighted by Gasteiger charge is 2.25. The van der Waals surface area contributed by atoms with E-state index in [4.69, 9.17) is 0 Å². The van der Waals surface area contributed by atoms with Gasteiger partial charge in [0.05, 0.1) is 21.6 Å². The standard InChI is InChI=1S/C11H9BrF2N4O2/c1-2-6(12)8-5-17(16-15-8)11-9(18(19)20)4-3-7(13)10(11)14/h3-6H,2H2,1H3. The topological polar surface area (TPSA) is 73.8 Å². The fourth-order valence-corrected chi connectivity index (χ4v) is 1.84. The Kier molecular flexibility index (Phi) is 4.07. The Hall–Kier alpha value is -1.90. The van der Waals surface area contributed by atoms with Crippen molar-refractivity contribution in [2.75, 3.05) is 0 Å². The van der Waals surface area contributed by atoms with E-state index in [1.807, 2.05) is 6.92 Å². The number of hydrogen-bond acceptors (Lipinski definition) is 4. The molecule has 20 heavy (non-hydrogen) atoms. The van der Waals surface area contributed by atoms with E-state index in [2.05, 4.69) is 26.2 Å². The number of halogens is 3. The van der Waals surface area contributed by atoms with Crippen LogP contribution in [-0.2, 0) is 0 Å². The molecule has 1 aromatic heterocycles. The highest BCUT2D eigenvalue weighted by atomic mass is 79.9. The van der Waals surface area contributed by atoms with Crippen molar-refractivity contribution in [2.24, 2.45) is 0 Å². The van der Waals surface area contributed by atoms with Gasteiger partial charge in [0.2, 0.25) is 0 Å². The Labute approximate surface area is 120 Å². The molecular formula is C11H9BrF2N4O2. The quantitative estimate of drug-likeness (QED) is 0.483. The highest BCUT2D eigenvalue weighted by molar-refractivity contribution is 9.09. The van der Waals surface area contributed by atoms with Crippen LogP contribution in [0.2, 0.25) is 0 Å². The summed E-state index contributed by atoms with van der Waals surface area (Å²) in [6.45, 7) is 1.89. The van der Waals surface area contributed by atoms with Gasteiger partial charge in [-0.2, -0.15) is 0 Å². The van der Waals surface area contributed by atoms with Crippen LogP contribution in [0.4, 0.5) is 14.5 Å². The molecule has 0 saturated carbocycles. The van der Waals surface area contributed by atoms with Gasteiger partial charge >= 0.3 is 0 Å².